The molecular formula is C18H18ClN3OS. The van der Waals surface area contributed by atoms with E-state index in [4.69, 9.17) is 16.3 Å². The standard InChI is InChI=1S/C18H18ClN3OS/c1-4-22(3)11-20-16-9-12(2)17(10-14(16)19)23-18-13-7-5-6-8-15(13)21-24-18/h5-11H,4H2,1-3H3. The summed E-state index contributed by atoms with van der Waals surface area (Å²) in [6, 6.07) is 11.7. The number of hydrogen-bond donors (Lipinski definition) is 0. The van der Waals surface area contributed by atoms with Crippen molar-refractivity contribution in [2.75, 3.05) is 13.6 Å². The van der Waals surface area contributed by atoms with E-state index >= 15 is 0 Å². The van der Waals surface area contributed by atoms with Crippen LogP contribution < -0.4 is 4.74 Å². The maximum Gasteiger partial charge on any atom is 0.207 e. The minimum atomic E-state index is 0.560. The molecule has 0 fully saturated rings. The van der Waals surface area contributed by atoms with Crippen LogP contribution in [0.3, 0.4) is 0 Å². The largest absolute Gasteiger partial charge is 0.444 e. The first-order valence-electron chi connectivity index (χ1n) is 7.65. The molecule has 0 N–H and O–H groups in total. The number of hydrogen-bond acceptors (Lipinski definition) is 4. The zero-order valence-electron chi connectivity index (χ0n) is 13.8. The molecule has 3 rings (SSSR count). The van der Waals surface area contributed by atoms with E-state index in [1.165, 1.54) is 11.5 Å². The van der Waals surface area contributed by atoms with Gasteiger partial charge in [0.15, 0.2) is 0 Å². The van der Waals surface area contributed by atoms with E-state index in [1.54, 1.807) is 6.34 Å². The van der Waals surface area contributed by atoms with Crippen LogP contribution in [0.15, 0.2) is 41.4 Å². The van der Waals surface area contributed by atoms with Crippen LogP contribution in [0.25, 0.3) is 10.9 Å². The average molecular weight is 360 g/mol. The summed E-state index contributed by atoms with van der Waals surface area (Å²) >= 11 is 7.70. The minimum Gasteiger partial charge on any atom is -0.444 e. The highest BCUT2D eigenvalue weighted by Gasteiger charge is 2.11. The van der Waals surface area contributed by atoms with E-state index in [9.17, 15) is 0 Å². The van der Waals surface area contributed by atoms with Crippen LogP contribution in [0.1, 0.15) is 12.5 Å². The molecule has 1 heterocycles. The molecule has 6 heteroatoms. The Morgan fingerprint density at radius 2 is 2.12 bits per heavy atom. The molecule has 2 aromatic carbocycles. The summed E-state index contributed by atoms with van der Waals surface area (Å²) in [7, 11) is 1.97. The van der Waals surface area contributed by atoms with Gasteiger partial charge in [-0.05, 0) is 37.6 Å². The van der Waals surface area contributed by atoms with E-state index in [1.807, 2.05) is 55.3 Å². The molecule has 24 heavy (non-hydrogen) atoms. The first-order valence-corrected chi connectivity index (χ1v) is 8.80. The van der Waals surface area contributed by atoms with Gasteiger partial charge in [-0.3, -0.25) is 0 Å². The fourth-order valence-corrected chi connectivity index (χ4v) is 3.08. The highest BCUT2D eigenvalue weighted by Crippen LogP contribution is 2.38. The highest BCUT2D eigenvalue weighted by atomic mass is 35.5. The molecule has 0 saturated heterocycles. The number of aromatic nitrogens is 1. The molecule has 0 unspecified atom stereocenters. The number of benzene rings is 2. The Labute approximate surface area is 150 Å². The number of fused-ring (bicyclic) bond motifs is 1. The van der Waals surface area contributed by atoms with Crippen LogP contribution in [0.5, 0.6) is 10.8 Å². The summed E-state index contributed by atoms with van der Waals surface area (Å²) < 4.78 is 10.5. The molecule has 1 aromatic heterocycles. The molecular weight excluding hydrogens is 342 g/mol. The van der Waals surface area contributed by atoms with Gasteiger partial charge in [-0.1, -0.05) is 23.7 Å². The Bertz CT molecular complexity index is 891. The van der Waals surface area contributed by atoms with Crippen molar-refractivity contribution in [1.29, 1.82) is 0 Å². The Morgan fingerprint density at radius 3 is 2.92 bits per heavy atom. The molecule has 0 aliphatic carbocycles. The molecule has 124 valence electrons. The molecule has 0 bridgehead atoms. The summed E-state index contributed by atoms with van der Waals surface area (Å²) in [5.74, 6) is 0.720. The second kappa shape index (κ2) is 7.20. The van der Waals surface area contributed by atoms with Crippen molar-refractivity contribution in [1.82, 2.24) is 9.27 Å². The van der Waals surface area contributed by atoms with Crippen LogP contribution >= 0.6 is 23.1 Å². The number of aliphatic imine (C=N–C) groups is 1. The highest BCUT2D eigenvalue weighted by molar-refractivity contribution is 7.09. The van der Waals surface area contributed by atoms with E-state index in [0.29, 0.717) is 5.02 Å². The molecule has 0 radical (unpaired) electrons. The fourth-order valence-electron chi connectivity index (χ4n) is 2.14. The lowest BCUT2D eigenvalue weighted by Gasteiger charge is -2.11. The van der Waals surface area contributed by atoms with Gasteiger partial charge >= 0.3 is 0 Å². The first-order chi connectivity index (χ1) is 11.6. The quantitative estimate of drug-likeness (QED) is 0.435. The van der Waals surface area contributed by atoms with Gasteiger partial charge in [0.1, 0.15) is 5.75 Å². The van der Waals surface area contributed by atoms with Gasteiger partial charge < -0.3 is 9.64 Å². The van der Waals surface area contributed by atoms with Crippen molar-refractivity contribution in [3.63, 3.8) is 0 Å². The number of aryl methyl sites for hydroxylation is 1. The van der Waals surface area contributed by atoms with Crippen LogP contribution in [-0.4, -0.2) is 29.2 Å². The van der Waals surface area contributed by atoms with Crippen molar-refractivity contribution in [2.24, 2.45) is 4.99 Å². The van der Waals surface area contributed by atoms with Gasteiger partial charge in [-0.2, -0.15) is 4.37 Å². The number of nitrogens with zero attached hydrogens (tertiary/aromatic N) is 3. The molecule has 0 spiro atoms. The number of halogens is 1. The third-order valence-corrected chi connectivity index (χ3v) is 4.75. The Morgan fingerprint density at radius 1 is 1.33 bits per heavy atom. The Hall–Kier alpha value is -2.11. The zero-order valence-corrected chi connectivity index (χ0v) is 15.4. The SMILES string of the molecule is CCN(C)C=Nc1cc(C)c(Oc2snc3ccccc23)cc1Cl. The van der Waals surface area contributed by atoms with Gasteiger partial charge in [0.2, 0.25) is 5.06 Å². The third-order valence-electron chi connectivity index (χ3n) is 3.69. The second-order valence-corrected chi connectivity index (χ2v) is 6.62. The molecule has 0 aliphatic heterocycles. The lowest BCUT2D eigenvalue weighted by Crippen LogP contribution is -2.14. The summed E-state index contributed by atoms with van der Waals surface area (Å²) in [5, 5.41) is 2.33. The topological polar surface area (TPSA) is 37.7 Å². The molecule has 3 aromatic rings. The zero-order chi connectivity index (χ0) is 17.1. The maximum absolute atomic E-state index is 6.36. The molecule has 4 nitrogen and oxygen atoms in total. The van der Waals surface area contributed by atoms with Crippen molar-refractivity contribution in [3.05, 3.63) is 47.0 Å². The summed E-state index contributed by atoms with van der Waals surface area (Å²) in [5.41, 5.74) is 2.64. The predicted octanol–water partition coefficient (Wildman–Crippen LogP) is 5.66. The third kappa shape index (κ3) is 3.52. The Kier molecular flexibility index (Phi) is 5.02. The van der Waals surface area contributed by atoms with E-state index < -0.39 is 0 Å². The van der Waals surface area contributed by atoms with Crippen LogP contribution in [0, 0.1) is 6.92 Å². The summed E-state index contributed by atoms with van der Waals surface area (Å²) in [4.78, 5) is 6.41. The molecule has 0 atom stereocenters. The molecule has 0 aliphatic rings. The smallest absolute Gasteiger partial charge is 0.207 e. The lowest BCUT2D eigenvalue weighted by molar-refractivity contribution is 0.497. The maximum atomic E-state index is 6.36. The molecule has 0 saturated carbocycles. The predicted molar refractivity (Wildman–Crippen MR) is 102 cm³/mol. The van der Waals surface area contributed by atoms with Crippen LogP contribution in [0.2, 0.25) is 5.02 Å². The Balaban J connectivity index is 1.89. The molecule has 0 amide bonds. The van der Waals surface area contributed by atoms with Gasteiger partial charge in [0, 0.05) is 31.2 Å². The number of rotatable bonds is 5. The first kappa shape index (κ1) is 16.7. The lowest BCUT2D eigenvalue weighted by atomic mass is 10.2. The van der Waals surface area contributed by atoms with Crippen LogP contribution in [0.4, 0.5) is 5.69 Å². The monoisotopic (exact) mass is 359 g/mol. The van der Waals surface area contributed by atoms with Crippen molar-refractivity contribution in [3.8, 4) is 10.8 Å². The van der Waals surface area contributed by atoms with Gasteiger partial charge in [-0.15, -0.1) is 0 Å². The van der Waals surface area contributed by atoms with E-state index in [-0.39, 0.29) is 0 Å². The van der Waals surface area contributed by atoms with Crippen molar-refractivity contribution in [2.45, 2.75) is 13.8 Å². The van der Waals surface area contributed by atoms with Crippen LogP contribution in [-0.2, 0) is 0 Å². The minimum absolute atomic E-state index is 0.560. The summed E-state index contributed by atoms with van der Waals surface area (Å²) in [6.07, 6.45) is 1.78. The van der Waals surface area contributed by atoms with E-state index in [2.05, 4.69) is 16.3 Å². The normalized spacial score (nSPS) is 11.3. The van der Waals surface area contributed by atoms with Gasteiger partial charge in [0.05, 0.1) is 28.0 Å². The van der Waals surface area contributed by atoms with Gasteiger partial charge in [0.25, 0.3) is 0 Å². The van der Waals surface area contributed by atoms with Crippen molar-refractivity contribution >= 4 is 46.1 Å². The summed E-state index contributed by atoms with van der Waals surface area (Å²) in [6.45, 7) is 4.94. The van der Waals surface area contributed by atoms with Crippen molar-refractivity contribution < 1.29 is 4.74 Å². The number of ether oxygens (including phenoxy) is 1. The second-order valence-electron chi connectivity index (χ2n) is 5.48. The van der Waals surface area contributed by atoms with E-state index in [0.717, 1.165) is 39.5 Å². The average Bonchev–Trinajstić information content (AvgIpc) is 2.99. The fraction of sp³-hybridized carbons (Fsp3) is 0.222. The van der Waals surface area contributed by atoms with Gasteiger partial charge in [-0.25, -0.2) is 4.99 Å².